The minimum atomic E-state index is 0.926. The summed E-state index contributed by atoms with van der Waals surface area (Å²) < 4.78 is 0. The molecule has 0 saturated heterocycles. The van der Waals surface area contributed by atoms with Gasteiger partial charge in [0, 0.05) is 13.1 Å². The summed E-state index contributed by atoms with van der Waals surface area (Å²) in [6.07, 6.45) is 1.04. The second-order valence-electron chi connectivity index (χ2n) is 7.60. The van der Waals surface area contributed by atoms with Crippen molar-refractivity contribution < 1.29 is 0 Å². The zero-order valence-corrected chi connectivity index (χ0v) is 18.0. The van der Waals surface area contributed by atoms with Crippen LogP contribution in [0, 0.1) is 13.8 Å². The fourth-order valence-electron chi connectivity index (χ4n) is 3.36. The molecule has 0 aliphatic rings. The molecule has 4 aromatic carbocycles. The van der Waals surface area contributed by atoms with E-state index in [2.05, 4.69) is 116 Å². The summed E-state index contributed by atoms with van der Waals surface area (Å²) in [6, 6.07) is 38.1. The second kappa shape index (κ2) is 11.7. The average molecular weight is 394 g/mol. The number of aryl methyl sites for hydroxylation is 2. The Morgan fingerprint density at radius 1 is 0.467 bits per heavy atom. The van der Waals surface area contributed by atoms with Gasteiger partial charge >= 0.3 is 0 Å². The van der Waals surface area contributed by atoms with Crippen molar-refractivity contribution >= 4 is 0 Å². The monoisotopic (exact) mass is 393 g/mol. The van der Waals surface area contributed by atoms with Crippen LogP contribution in [0.1, 0.15) is 33.4 Å². The van der Waals surface area contributed by atoms with Gasteiger partial charge in [-0.25, -0.2) is 0 Å². The fraction of sp³-hybridized carbons (Fsp3) is 0.172. The van der Waals surface area contributed by atoms with Gasteiger partial charge in [-0.2, -0.15) is 0 Å². The van der Waals surface area contributed by atoms with Crippen LogP contribution in [-0.4, -0.2) is 0 Å². The maximum absolute atomic E-state index is 3.42. The van der Waals surface area contributed by atoms with Gasteiger partial charge in [-0.15, -0.1) is 0 Å². The van der Waals surface area contributed by atoms with Crippen LogP contribution in [0.3, 0.4) is 0 Å². The van der Waals surface area contributed by atoms with Crippen molar-refractivity contribution in [2.75, 3.05) is 0 Å². The zero-order chi connectivity index (χ0) is 21.0. The molecule has 0 aliphatic heterocycles. The van der Waals surface area contributed by atoms with Gasteiger partial charge in [0.15, 0.2) is 0 Å². The SMILES string of the molecule is Cc1ccccc1Cc1ccccc1C.c1ccc(CNCc2ccccc2)cc1. The molecular formula is C29H31N. The number of nitrogens with one attached hydrogen (secondary N) is 1. The Kier molecular flexibility index (Phi) is 8.44. The molecule has 0 atom stereocenters. The van der Waals surface area contributed by atoms with Crippen LogP contribution < -0.4 is 5.32 Å². The van der Waals surface area contributed by atoms with E-state index in [4.69, 9.17) is 0 Å². The third kappa shape index (κ3) is 7.02. The summed E-state index contributed by atoms with van der Waals surface area (Å²) in [5.41, 5.74) is 8.25. The minimum absolute atomic E-state index is 0.926. The van der Waals surface area contributed by atoms with E-state index in [1.165, 1.54) is 33.4 Å². The van der Waals surface area contributed by atoms with Crippen molar-refractivity contribution in [3.8, 4) is 0 Å². The van der Waals surface area contributed by atoms with Gasteiger partial charge in [0.1, 0.15) is 0 Å². The molecule has 30 heavy (non-hydrogen) atoms. The molecule has 0 amide bonds. The van der Waals surface area contributed by atoms with Gasteiger partial charge in [-0.3, -0.25) is 0 Å². The first kappa shape index (κ1) is 21.5. The first-order valence-corrected chi connectivity index (χ1v) is 10.6. The molecule has 1 nitrogen and oxygen atoms in total. The lowest BCUT2D eigenvalue weighted by atomic mass is 9.98. The maximum atomic E-state index is 3.42. The Balaban J connectivity index is 0.000000171. The van der Waals surface area contributed by atoms with Gasteiger partial charge in [-0.05, 0) is 53.6 Å². The molecular weight excluding hydrogens is 362 g/mol. The maximum Gasteiger partial charge on any atom is 0.0208 e. The van der Waals surface area contributed by atoms with Crippen molar-refractivity contribution in [1.29, 1.82) is 0 Å². The molecule has 1 N–H and O–H groups in total. The van der Waals surface area contributed by atoms with E-state index >= 15 is 0 Å². The molecule has 1 heteroatoms. The molecule has 152 valence electrons. The van der Waals surface area contributed by atoms with E-state index < -0.39 is 0 Å². The third-order valence-corrected chi connectivity index (χ3v) is 5.25. The number of hydrogen-bond donors (Lipinski definition) is 1. The summed E-state index contributed by atoms with van der Waals surface area (Å²) in [4.78, 5) is 0. The van der Waals surface area contributed by atoms with Crippen molar-refractivity contribution in [2.24, 2.45) is 0 Å². The summed E-state index contributed by atoms with van der Waals surface area (Å²) in [5.74, 6) is 0. The van der Waals surface area contributed by atoms with Crippen molar-refractivity contribution in [3.05, 3.63) is 143 Å². The first-order valence-electron chi connectivity index (χ1n) is 10.6. The quantitative estimate of drug-likeness (QED) is 0.377. The highest BCUT2D eigenvalue weighted by Crippen LogP contribution is 2.16. The minimum Gasteiger partial charge on any atom is -0.309 e. The molecule has 0 spiro atoms. The topological polar surface area (TPSA) is 12.0 Å². The van der Waals surface area contributed by atoms with Gasteiger partial charge in [-0.1, -0.05) is 109 Å². The molecule has 0 radical (unpaired) electrons. The van der Waals surface area contributed by atoms with Crippen LogP contribution in [0.4, 0.5) is 0 Å². The molecule has 0 aromatic heterocycles. The third-order valence-electron chi connectivity index (χ3n) is 5.25. The summed E-state index contributed by atoms with van der Waals surface area (Å²) in [7, 11) is 0. The highest BCUT2D eigenvalue weighted by atomic mass is 14.8. The lowest BCUT2D eigenvalue weighted by Gasteiger charge is -2.07. The Morgan fingerprint density at radius 3 is 1.23 bits per heavy atom. The van der Waals surface area contributed by atoms with Crippen LogP contribution in [0.5, 0.6) is 0 Å². The Bertz CT molecular complexity index is 923. The number of benzene rings is 4. The average Bonchev–Trinajstić information content (AvgIpc) is 2.79. The Morgan fingerprint density at radius 2 is 0.833 bits per heavy atom. The summed E-state index contributed by atoms with van der Waals surface area (Å²) >= 11 is 0. The van der Waals surface area contributed by atoms with E-state index in [0.717, 1.165) is 19.5 Å². The Hall–Kier alpha value is -3.16. The van der Waals surface area contributed by atoms with E-state index in [0.29, 0.717) is 0 Å². The van der Waals surface area contributed by atoms with Crippen LogP contribution >= 0.6 is 0 Å². The normalized spacial score (nSPS) is 10.2. The van der Waals surface area contributed by atoms with Gasteiger partial charge < -0.3 is 5.32 Å². The van der Waals surface area contributed by atoms with E-state index in [1.54, 1.807) is 0 Å². The van der Waals surface area contributed by atoms with Gasteiger partial charge in [0.05, 0.1) is 0 Å². The van der Waals surface area contributed by atoms with Crippen LogP contribution in [0.2, 0.25) is 0 Å². The van der Waals surface area contributed by atoms with E-state index in [-0.39, 0.29) is 0 Å². The highest BCUT2D eigenvalue weighted by Gasteiger charge is 2.01. The van der Waals surface area contributed by atoms with Gasteiger partial charge in [0.2, 0.25) is 0 Å². The van der Waals surface area contributed by atoms with Crippen molar-refractivity contribution in [1.82, 2.24) is 5.32 Å². The van der Waals surface area contributed by atoms with Crippen LogP contribution in [-0.2, 0) is 19.5 Å². The molecule has 0 heterocycles. The van der Waals surface area contributed by atoms with Gasteiger partial charge in [0.25, 0.3) is 0 Å². The molecule has 0 unspecified atom stereocenters. The summed E-state index contributed by atoms with van der Waals surface area (Å²) in [6.45, 7) is 6.20. The predicted molar refractivity (Wildman–Crippen MR) is 129 cm³/mol. The second-order valence-corrected chi connectivity index (χ2v) is 7.60. The van der Waals surface area contributed by atoms with Crippen LogP contribution in [0.25, 0.3) is 0 Å². The van der Waals surface area contributed by atoms with Crippen LogP contribution in [0.15, 0.2) is 109 Å². The molecule has 0 bridgehead atoms. The molecule has 4 aromatic rings. The van der Waals surface area contributed by atoms with Crippen molar-refractivity contribution in [2.45, 2.75) is 33.4 Å². The van der Waals surface area contributed by atoms with E-state index in [1.807, 2.05) is 12.1 Å². The predicted octanol–water partition coefficient (Wildman–Crippen LogP) is 6.87. The zero-order valence-electron chi connectivity index (χ0n) is 18.0. The molecule has 4 rings (SSSR count). The number of hydrogen-bond acceptors (Lipinski definition) is 1. The van der Waals surface area contributed by atoms with Crippen molar-refractivity contribution in [3.63, 3.8) is 0 Å². The fourth-order valence-corrected chi connectivity index (χ4v) is 3.36. The number of rotatable bonds is 6. The molecule has 0 fully saturated rings. The lowest BCUT2D eigenvalue weighted by molar-refractivity contribution is 0.693. The Labute approximate surface area is 181 Å². The standard InChI is InChI=1S/C15H16.C14H15N/c1-12-7-3-5-9-14(12)11-15-10-6-4-8-13(15)2;1-3-7-13(8-4-1)11-15-12-14-9-5-2-6-10-14/h3-10H,11H2,1-2H3;1-10,15H,11-12H2. The summed E-state index contributed by atoms with van der Waals surface area (Å²) in [5, 5.41) is 3.42. The lowest BCUT2D eigenvalue weighted by Crippen LogP contribution is -2.12. The highest BCUT2D eigenvalue weighted by molar-refractivity contribution is 5.35. The molecule has 0 saturated carbocycles. The largest absolute Gasteiger partial charge is 0.309 e. The smallest absolute Gasteiger partial charge is 0.0208 e. The first-order chi connectivity index (χ1) is 14.7. The molecule has 0 aliphatic carbocycles. The van der Waals surface area contributed by atoms with E-state index in [9.17, 15) is 0 Å².